The highest BCUT2D eigenvalue weighted by atomic mass is 35.5. The number of H-pyrrole nitrogens is 1. The van der Waals surface area contributed by atoms with Crippen LogP contribution in [0.5, 0.6) is 11.5 Å². The van der Waals surface area contributed by atoms with E-state index in [-0.39, 0.29) is 11.5 Å². The molecule has 0 spiro atoms. The van der Waals surface area contributed by atoms with Gasteiger partial charge in [0.2, 0.25) is 5.76 Å². The number of para-hydroxylation sites is 1. The van der Waals surface area contributed by atoms with Gasteiger partial charge in [0.15, 0.2) is 11.5 Å². The molecule has 1 amide bonds. The SMILES string of the molecule is CCc1cccc2c(-c3ccccc3Cl)c(C(=O)NN=Cc3ccc(OC(=O)c4ccco4)c(OC)c3)[nH]c12. The molecule has 0 aliphatic heterocycles. The number of aromatic nitrogens is 1. The number of hydrogen-bond acceptors (Lipinski definition) is 6. The standard InChI is InChI=1S/C30H24ClN3O5/c1-3-19-8-6-10-21-26(20-9-4-5-11-22(20)31)28(33-27(19)21)29(35)34-32-17-18-13-14-23(25(16-18)37-2)39-30(36)24-12-7-15-38-24/h4-17,33H,3H2,1-2H3,(H,34,35). The first kappa shape index (κ1) is 25.8. The molecule has 5 aromatic rings. The van der Waals surface area contributed by atoms with E-state index < -0.39 is 11.9 Å². The first-order chi connectivity index (χ1) is 19.0. The molecule has 5 rings (SSSR count). The number of hydrazone groups is 1. The maximum Gasteiger partial charge on any atom is 0.379 e. The van der Waals surface area contributed by atoms with Gasteiger partial charge in [-0.1, -0.05) is 54.9 Å². The van der Waals surface area contributed by atoms with E-state index in [4.69, 9.17) is 25.5 Å². The Morgan fingerprint density at radius 1 is 1.05 bits per heavy atom. The molecule has 39 heavy (non-hydrogen) atoms. The van der Waals surface area contributed by atoms with Gasteiger partial charge in [0.1, 0.15) is 5.69 Å². The molecule has 0 aliphatic carbocycles. The van der Waals surface area contributed by atoms with Gasteiger partial charge >= 0.3 is 5.97 Å². The number of hydrogen-bond donors (Lipinski definition) is 2. The Bertz CT molecular complexity index is 1690. The van der Waals surface area contributed by atoms with Crippen LogP contribution in [-0.4, -0.2) is 30.2 Å². The first-order valence-electron chi connectivity index (χ1n) is 12.2. The quantitative estimate of drug-likeness (QED) is 0.0991. The molecule has 9 heteroatoms. The summed E-state index contributed by atoms with van der Waals surface area (Å²) in [6.07, 6.45) is 3.65. The van der Waals surface area contributed by atoms with Crippen molar-refractivity contribution in [3.05, 3.63) is 107 Å². The van der Waals surface area contributed by atoms with E-state index in [0.717, 1.165) is 28.5 Å². The largest absolute Gasteiger partial charge is 0.493 e. The number of rotatable bonds is 8. The van der Waals surface area contributed by atoms with Gasteiger partial charge in [0.25, 0.3) is 5.91 Å². The number of fused-ring (bicyclic) bond motifs is 1. The third-order valence-corrected chi connectivity index (χ3v) is 6.49. The van der Waals surface area contributed by atoms with E-state index in [1.165, 1.54) is 25.7 Å². The summed E-state index contributed by atoms with van der Waals surface area (Å²) in [6.45, 7) is 2.06. The van der Waals surface area contributed by atoms with Gasteiger partial charge in [-0.2, -0.15) is 5.10 Å². The molecule has 2 heterocycles. The van der Waals surface area contributed by atoms with Crippen LogP contribution >= 0.6 is 11.6 Å². The lowest BCUT2D eigenvalue weighted by Crippen LogP contribution is -2.19. The van der Waals surface area contributed by atoms with Crippen LogP contribution in [-0.2, 0) is 6.42 Å². The van der Waals surface area contributed by atoms with Gasteiger partial charge < -0.3 is 18.9 Å². The molecule has 8 nitrogen and oxygen atoms in total. The van der Waals surface area contributed by atoms with Crippen LogP contribution in [0.25, 0.3) is 22.0 Å². The fourth-order valence-corrected chi connectivity index (χ4v) is 4.53. The fourth-order valence-electron chi connectivity index (χ4n) is 4.30. The summed E-state index contributed by atoms with van der Waals surface area (Å²) in [4.78, 5) is 28.8. The predicted octanol–water partition coefficient (Wildman–Crippen LogP) is 6.64. The zero-order valence-electron chi connectivity index (χ0n) is 21.2. The highest BCUT2D eigenvalue weighted by Gasteiger charge is 2.22. The third kappa shape index (κ3) is 5.28. The lowest BCUT2D eigenvalue weighted by Gasteiger charge is -2.09. The van der Waals surface area contributed by atoms with Crippen molar-refractivity contribution >= 4 is 40.6 Å². The summed E-state index contributed by atoms with van der Waals surface area (Å²) in [7, 11) is 1.46. The maximum atomic E-state index is 13.3. The maximum absolute atomic E-state index is 13.3. The topological polar surface area (TPSA) is 106 Å². The number of carbonyl (C=O) groups is 2. The molecule has 196 valence electrons. The van der Waals surface area contributed by atoms with Gasteiger partial charge in [0.05, 0.1) is 19.6 Å². The van der Waals surface area contributed by atoms with Crippen molar-refractivity contribution in [2.75, 3.05) is 7.11 Å². The monoisotopic (exact) mass is 541 g/mol. The molecule has 0 saturated heterocycles. The van der Waals surface area contributed by atoms with Crippen LogP contribution in [0.1, 0.15) is 39.1 Å². The number of esters is 1. The second-order valence-corrected chi connectivity index (χ2v) is 8.93. The van der Waals surface area contributed by atoms with E-state index >= 15 is 0 Å². The minimum absolute atomic E-state index is 0.0737. The lowest BCUT2D eigenvalue weighted by atomic mass is 9.99. The number of benzene rings is 3. The summed E-state index contributed by atoms with van der Waals surface area (Å²) >= 11 is 6.53. The Hall–Kier alpha value is -4.82. The lowest BCUT2D eigenvalue weighted by molar-refractivity contribution is 0.0696. The Morgan fingerprint density at radius 3 is 2.64 bits per heavy atom. The molecule has 0 radical (unpaired) electrons. The van der Waals surface area contributed by atoms with Gasteiger partial charge in [-0.05, 0) is 53.9 Å². The molecule has 0 fully saturated rings. The number of nitrogens with zero attached hydrogens (tertiary/aromatic N) is 1. The molecular formula is C30H24ClN3O5. The highest BCUT2D eigenvalue weighted by Crippen LogP contribution is 2.37. The summed E-state index contributed by atoms with van der Waals surface area (Å²) in [5.41, 5.74) is 6.99. The number of ether oxygens (including phenoxy) is 2. The van der Waals surface area contributed by atoms with Crippen molar-refractivity contribution in [1.29, 1.82) is 0 Å². The van der Waals surface area contributed by atoms with Gasteiger partial charge in [-0.15, -0.1) is 0 Å². The van der Waals surface area contributed by atoms with E-state index in [1.807, 2.05) is 36.4 Å². The number of amides is 1. The second-order valence-electron chi connectivity index (χ2n) is 8.52. The normalized spacial score (nSPS) is 11.2. The number of nitrogens with one attached hydrogen (secondary N) is 2. The molecule has 0 atom stereocenters. The number of carbonyl (C=O) groups excluding carboxylic acids is 2. The molecule has 2 aromatic heterocycles. The summed E-state index contributed by atoms with van der Waals surface area (Å²) in [5, 5.41) is 5.58. The summed E-state index contributed by atoms with van der Waals surface area (Å²) < 4.78 is 15.8. The molecule has 0 unspecified atom stereocenters. The van der Waals surface area contributed by atoms with Crippen molar-refractivity contribution in [2.45, 2.75) is 13.3 Å². The second kappa shape index (κ2) is 11.3. The summed E-state index contributed by atoms with van der Waals surface area (Å²) in [5.74, 6) is -0.464. The van der Waals surface area contributed by atoms with Crippen LogP contribution in [0, 0.1) is 0 Å². The highest BCUT2D eigenvalue weighted by molar-refractivity contribution is 6.34. The molecule has 0 saturated carbocycles. The smallest absolute Gasteiger partial charge is 0.379 e. The van der Waals surface area contributed by atoms with Gasteiger partial charge in [-0.25, -0.2) is 10.2 Å². The third-order valence-electron chi connectivity index (χ3n) is 6.16. The number of aromatic amines is 1. The van der Waals surface area contributed by atoms with E-state index in [9.17, 15) is 9.59 Å². The van der Waals surface area contributed by atoms with Crippen molar-refractivity contribution < 1.29 is 23.5 Å². The zero-order chi connectivity index (χ0) is 27.4. The Labute approximate surface area is 229 Å². The molecular weight excluding hydrogens is 518 g/mol. The minimum atomic E-state index is -0.647. The molecule has 0 bridgehead atoms. The predicted molar refractivity (Wildman–Crippen MR) is 150 cm³/mol. The van der Waals surface area contributed by atoms with Gasteiger partial charge in [0, 0.05) is 27.1 Å². The molecule has 0 aliphatic rings. The Balaban J connectivity index is 1.40. The minimum Gasteiger partial charge on any atom is -0.493 e. The summed E-state index contributed by atoms with van der Waals surface area (Å²) in [6, 6.07) is 21.4. The van der Waals surface area contributed by atoms with Gasteiger partial charge in [-0.3, -0.25) is 4.79 Å². The Kier molecular flexibility index (Phi) is 7.47. The number of methoxy groups -OCH3 is 1. The fraction of sp³-hybridized carbons (Fsp3) is 0.100. The van der Waals surface area contributed by atoms with E-state index in [0.29, 0.717) is 27.6 Å². The molecule has 2 N–H and O–H groups in total. The van der Waals surface area contributed by atoms with Crippen molar-refractivity contribution in [1.82, 2.24) is 10.4 Å². The van der Waals surface area contributed by atoms with Crippen LogP contribution in [0.3, 0.4) is 0 Å². The van der Waals surface area contributed by atoms with E-state index in [2.05, 4.69) is 22.4 Å². The van der Waals surface area contributed by atoms with Crippen LogP contribution < -0.4 is 14.9 Å². The van der Waals surface area contributed by atoms with Crippen LogP contribution in [0.15, 0.2) is 88.6 Å². The van der Waals surface area contributed by atoms with Crippen molar-refractivity contribution in [3.8, 4) is 22.6 Å². The van der Waals surface area contributed by atoms with Crippen LogP contribution in [0.4, 0.5) is 0 Å². The number of aryl methyl sites for hydroxylation is 1. The zero-order valence-corrected chi connectivity index (χ0v) is 21.9. The van der Waals surface area contributed by atoms with E-state index in [1.54, 1.807) is 30.3 Å². The average molecular weight is 542 g/mol. The van der Waals surface area contributed by atoms with Crippen LogP contribution in [0.2, 0.25) is 5.02 Å². The first-order valence-corrected chi connectivity index (χ1v) is 12.5. The Morgan fingerprint density at radius 2 is 1.90 bits per heavy atom. The number of furan rings is 1. The molecule has 3 aromatic carbocycles. The number of halogens is 1. The van der Waals surface area contributed by atoms with Crippen molar-refractivity contribution in [3.63, 3.8) is 0 Å². The van der Waals surface area contributed by atoms with Crippen molar-refractivity contribution in [2.24, 2.45) is 5.10 Å². The average Bonchev–Trinajstić information content (AvgIpc) is 3.63.